The molecule has 15 heavy (non-hydrogen) atoms. The Bertz CT molecular complexity index is 450. The van der Waals surface area contributed by atoms with Crippen molar-refractivity contribution in [2.24, 2.45) is 0 Å². The lowest BCUT2D eigenvalue weighted by molar-refractivity contribution is 0.867. The van der Waals surface area contributed by atoms with Crippen LogP contribution in [0.25, 0.3) is 11.4 Å². The molecule has 1 heterocycles. The lowest BCUT2D eigenvalue weighted by Gasteiger charge is -2.08. The van der Waals surface area contributed by atoms with Gasteiger partial charge in [0.15, 0.2) is 0 Å². The van der Waals surface area contributed by atoms with E-state index in [4.69, 9.17) is 11.6 Å². The van der Waals surface area contributed by atoms with Gasteiger partial charge in [-0.2, -0.15) is 5.21 Å². The molecule has 2 aromatic rings. The smallest absolute Gasteiger partial charge is 0.177 e. The normalized spacial score (nSPS) is 10.9. The predicted octanol–water partition coefficient (Wildman–Crippen LogP) is 2.64. The SMILES string of the molecule is CC(C)c1cc(-c2nn[nH]n2)ccc1Cl. The van der Waals surface area contributed by atoms with Gasteiger partial charge in [-0.15, -0.1) is 10.2 Å². The van der Waals surface area contributed by atoms with E-state index < -0.39 is 0 Å². The Kier molecular flexibility index (Phi) is 2.68. The number of rotatable bonds is 2. The molecule has 0 saturated carbocycles. The molecule has 1 aromatic heterocycles. The molecule has 0 aliphatic rings. The molecule has 78 valence electrons. The number of nitrogens with zero attached hydrogens (tertiary/aromatic N) is 3. The maximum absolute atomic E-state index is 6.09. The first-order chi connectivity index (χ1) is 7.18. The second kappa shape index (κ2) is 3.98. The topological polar surface area (TPSA) is 54.5 Å². The third-order valence-corrected chi connectivity index (χ3v) is 2.57. The highest BCUT2D eigenvalue weighted by Gasteiger charge is 2.09. The fourth-order valence-electron chi connectivity index (χ4n) is 1.41. The van der Waals surface area contributed by atoms with Crippen LogP contribution < -0.4 is 0 Å². The minimum absolute atomic E-state index is 0.379. The number of benzene rings is 1. The zero-order valence-corrected chi connectivity index (χ0v) is 9.28. The van der Waals surface area contributed by atoms with Crippen molar-refractivity contribution in [1.82, 2.24) is 20.6 Å². The Morgan fingerprint density at radius 2 is 2.13 bits per heavy atom. The van der Waals surface area contributed by atoms with Gasteiger partial charge in [0.05, 0.1) is 0 Å². The second-order valence-electron chi connectivity index (χ2n) is 3.63. The van der Waals surface area contributed by atoms with Gasteiger partial charge in [0.1, 0.15) is 0 Å². The molecule has 0 amide bonds. The molecule has 1 N–H and O–H groups in total. The Morgan fingerprint density at radius 1 is 1.33 bits per heavy atom. The van der Waals surface area contributed by atoms with Crippen LogP contribution in [-0.2, 0) is 0 Å². The lowest BCUT2D eigenvalue weighted by Crippen LogP contribution is -1.91. The predicted molar refractivity (Wildman–Crippen MR) is 58.7 cm³/mol. The van der Waals surface area contributed by atoms with E-state index in [1.165, 1.54) is 0 Å². The van der Waals surface area contributed by atoms with Gasteiger partial charge in [0.2, 0.25) is 5.82 Å². The van der Waals surface area contributed by atoms with Crippen LogP contribution in [0, 0.1) is 0 Å². The van der Waals surface area contributed by atoms with Crippen LogP contribution >= 0.6 is 11.6 Å². The molecule has 0 fully saturated rings. The van der Waals surface area contributed by atoms with Crippen molar-refractivity contribution in [3.8, 4) is 11.4 Å². The van der Waals surface area contributed by atoms with E-state index >= 15 is 0 Å². The van der Waals surface area contributed by atoms with Crippen LogP contribution in [-0.4, -0.2) is 20.6 Å². The van der Waals surface area contributed by atoms with E-state index in [2.05, 4.69) is 34.5 Å². The Morgan fingerprint density at radius 3 is 2.73 bits per heavy atom. The number of aromatic nitrogens is 4. The van der Waals surface area contributed by atoms with Gasteiger partial charge in [0.25, 0.3) is 0 Å². The highest BCUT2D eigenvalue weighted by atomic mass is 35.5. The van der Waals surface area contributed by atoms with Crippen LogP contribution in [0.2, 0.25) is 5.02 Å². The molecule has 0 radical (unpaired) electrons. The van der Waals surface area contributed by atoms with Gasteiger partial charge in [-0.3, -0.25) is 0 Å². The first kappa shape index (κ1) is 10.1. The summed E-state index contributed by atoms with van der Waals surface area (Å²) < 4.78 is 0. The zero-order valence-electron chi connectivity index (χ0n) is 8.53. The van der Waals surface area contributed by atoms with Crippen molar-refractivity contribution in [2.45, 2.75) is 19.8 Å². The van der Waals surface area contributed by atoms with E-state index in [0.29, 0.717) is 11.7 Å². The molecule has 0 aliphatic carbocycles. The summed E-state index contributed by atoms with van der Waals surface area (Å²) in [5.41, 5.74) is 2.02. The van der Waals surface area contributed by atoms with Crippen LogP contribution in [0.15, 0.2) is 18.2 Å². The summed E-state index contributed by atoms with van der Waals surface area (Å²) >= 11 is 6.09. The lowest BCUT2D eigenvalue weighted by atomic mass is 10.0. The first-order valence-corrected chi connectivity index (χ1v) is 5.09. The Balaban J connectivity index is 2.48. The second-order valence-corrected chi connectivity index (χ2v) is 4.03. The quantitative estimate of drug-likeness (QED) is 0.850. The summed E-state index contributed by atoms with van der Waals surface area (Å²) in [6, 6.07) is 5.75. The van der Waals surface area contributed by atoms with E-state index in [0.717, 1.165) is 16.1 Å². The van der Waals surface area contributed by atoms with Crippen LogP contribution in [0.5, 0.6) is 0 Å². The molecule has 0 spiro atoms. The highest BCUT2D eigenvalue weighted by Crippen LogP contribution is 2.27. The van der Waals surface area contributed by atoms with Gasteiger partial charge in [-0.05, 0) is 34.9 Å². The molecule has 4 nitrogen and oxygen atoms in total. The van der Waals surface area contributed by atoms with Crippen molar-refractivity contribution >= 4 is 11.6 Å². The third-order valence-electron chi connectivity index (χ3n) is 2.22. The fraction of sp³-hybridized carbons (Fsp3) is 0.300. The van der Waals surface area contributed by atoms with Crippen LogP contribution in [0.4, 0.5) is 0 Å². The maximum Gasteiger partial charge on any atom is 0.204 e. The summed E-state index contributed by atoms with van der Waals surface area (Å²) in [6.45, 7) is 4.20. The number of hydrogen-bond acceptors (Lipinski definition) is 3. The molecule has 0 unspecified atom stereocenters. The highest BCUT2D eigenvalue weighted by molar-refractivity contribution is 6.31. The molecule has 1 aromatic carbocycles. The Hall–Kier alpha value is -1.42. The number of tetrazole rings is 1. The minimum atomic E-state index is 0.379. The minimum Gasteiger partial charge on any atom is -0.177 e. The van der Waals surface area contributed by atoms with Gasteiger partial charge in [-0.1, -0.05) is 25.4 Å². The molecule has 5 heteroatoms. The summed E-state index contributed by atoms with van der Waals surface area (Å²) in [4.78, 5) is 0. The fourth-order valence-corrected chi connectivity index (χ4v) is 1.75. The van der Waals surface area contributed by atoms with E-state index in [9.17, 15) is 0 Å². The number of aromatic amines is 1. The van der Waals surface area contributed by atoms with Crippen LogP contribution in [0.1, 0.15) is 25.3 Å². The summed E-state index contributed by atoms with van der Waals surface area (Å²) in [6.07, 6.45) is 0. The van der Waals surface area contributed by atoms with Crippen molar-refractivity contribution in [3.05, 3.63) is 28.8 Å². The molecule has 2 rings (SSSR count). The van der Waals surface area contributed by atoms with Gasteiger partial charge >= 0.3 is 0 Å². The zero-order chi connectivity index (χ0) is 10.8. The maximum atomic E-state index is 6.09. The van der Waals surface area contributed by atoms with Crippen molar-refractivity contribution in [2.75, 3.05) is 0 Å². The number of halogens is 1. The van der Waals surface area contributed by atoms with Crippen molar-refractivity contribution < 1.29 is 0 Å². The number of H-pyrrole nitrogens is 1. The summed E-state index contributed by atoms with van der Waals surface area (Å²) in [5.74, 6) is 0.970. The molecular weight excluding hydrogens is 212 g/mol. The van der Waals surface area contributed by atoms with Gasteiger partial charge in [-0.25, -0.2) is 0 Å². The molecule has 0 bridgehead atoms. The van der Waals surface area contributed by atoms with Crippen molar-refractivity contribution in [3.63, 3.8) is 0 Å². The standard InChI is InChI=1S/C10H11ClN4/c1-6(2)8-5-7(3-4-9(8)11)10-12-14-15-13-10/h3-6H,1-2H3,(H,12,13,14,15). The molecule has 0 atom stereocenters. The summed E-state index contributed by atoms with van der Waals surface area (Å²) in [5, 5.41) is 14.6. The van der Waals surface area contributed by atoms with E-state index in [1.807, 2.05) is 18.2 Å². The number of nitrogens with one attached hydrogen (secondary N) is 1. The van der Waals surface area contributed by atoms with E-state index in [-0.39, 0.29) is 0 Å². The summed E-state index contributed by atoms with van der Waals surface area (Å²) in [7, 11) is 0. The Labute approximate surface area is 92.7 Å². The third kappa shape index (κ3) is 1.99. The van der Waals surface area contributed by atoms with E-state index in [1.54, 1.807) is 0 Å². The molecule has 0 aliphatic heterocycles. The first-order valence-electron chi connectivity index (χ1n) is 4.71. The number of hydrogen-bond donors (Lipinski definition) is 1. The van der Waals surface area contributed by atoms with Gasteiger partial charge in [0, 0.05) is 10.6 Å². The average Bonchev–Trinajstić information content (AvgIpc) is 2.71. The molecular formula is C10H11ClN4. The van der Waals surface area contributed by atoms with Crippen LogP contribution in [0.3, 0.4) is 0 Å². The molecule has 0 saturated heterocycles. The van der Waals surface area contributed by atoms with Gasteiger partial charge < -0.3 is 0 Å². The monoisotopic (exact) mass is 222 g/mol. The largest absolute Gasteiger partial charge is 0.204 e. The van der Waals surface area contributed by atoms with Crippen molar-refractivity contribution in [1.29, 1.82) is 0 Å². The average molecular weight is 223 g/mol.